The Labute approximate surface area is 148 Å². The average molecular weight is 376 g/mol. The highest BCUT2D eigenvalue weighted by Crippen LogP contribution is 2.42. The summed E-state index contributed by atoms with van der Waals surface area (Å²) in [4.78, 5) is 2.18. The fourth-order valence-electron chi connectivity index (χ4n) is 2.90. The molecule has 0 saturated carbocycles. The van der Waals surface area contributed by atoms with Crippen LogP contribution in [0, 0.1) is 17.0 Å². The molecular weight excluding hydrogens is 353 g/mol. The van der Waals surface area contributed by atoms with Crippen molar-refractivity contribution in [2.24, 2.45) is 5.41 Å². The van der Waals surface area contributed by atoms with Crippen molar-refractivity contribution in [3.63, 3.8) is 0 Å². The van der Waals surface area contributed by atoms with E-state index < -0.39 is 11.6 Å². The highest BCUT2D eigenvalue weighted by molar-refractivity contribution is 6.31. The summed E-state index contributed by atoms with van der Waals surface area (Å²) in [6, 6.07) is 2.00. The molecule has 0 radical (unpaired) electrons. The van der Waals surface area contributed by atoms with E-state index in [1.54, 1.807) is 0 Å². The number of halogens is 5. The van der Waals surface area contributed by atoms with Gasteiger partial charge in [-0.15, -0.1) is 24.8 Å². The Balaban J connectivity index is 0.00000220. The van der Waals surface area contributed by atoms with Gasteiger partial charge in [0, 0.05) is 37.8 Å². The van der Waals surface area contributed by atoms with Gasteiger partial charge in [0.1, 0.15) is 11.6 Å². The van der Waals surface area contributed by atoms with Crippen molar-refractivity contribution < 1.29 is 8.78 Å². The lowest BCUT2D eigenvalue weighted by Crippen LogP contribution is -2.48. The zero-order chi connectivity index (χ0) is 14.9. The number of hydrogen-bond acceptors (Lipinski definition) is 2. The molecule has 0 aromatic heterocycles. The summed E-state index contributed by atoms with van der Waals surface area (Å²) in [7, 11) is 0. The van der Waals surface area contributed by atoms with Gasteiger partial charge in [-0.05, 0) is 17.5 Å². The average Bonchev–Trinajstić information content (AvgIpc) is 2.39. The summed E-state index contributed by atoms with van der Waals surface area (Å²) in [5, 5.41) is 3.18. The molecule has 1 atom stereocenters. The third-order valence-electron chi connectivity index (χ3n) is 3.69. The monoisotopic (exact) mass is 374 g/mol. The van der Waals surface area contributed by atoms with Crippen molar-refractivity contribution in [3.8, 4) is 0 Å². The molecule has 22 heavy (non-hydrogen) atoms. The molecule has 1 saturated heterocycles. The third kappa shape index (κ3) is 4.68. The van der Waals surface area contributed by atoms with Gasteiger partial charge in [0.25, 0.3) is 0 Å². The van der Waals surface area contributed by atoms with E-state index in [0.29, 0.717) is 0 Å². The predicted molar refractivity (Wildman–Crippen MR) is 92.5 cm³/mol. The Morgan fingerprint density at radius 2 is 1.59 bits per heavy atom. The second-order valence-corrected chi connectivity index (χ2v) is 6.69. The maximum absolute atomic E-state index is 14.3. The molecule has 0 unspecified atom stereocenters. The van der Waals surface area contributed by atoms with Crippen LogP contribution in [0.1, 0.15) is 32.4 Å². The van der Waals surface area contributed by atoms with Crippen molar-refractivity contribution in [2.45, 2.75) is 26.8 Å². The van der Waals surface area contributed by atoms with Crippen LogP contribution in [0.15, 0.2) is 12.1 Å². The summed E-state index contributed by atoms with van der Waals surface area (Å²) in [6.07, 6.45) is 0. The van der Waals surface area contributed by atoms with E-state index in [1.165, 1.54) is 0 Å². The fraction of sp³-hybridized carbons (Fsp3) is 0.600. The number of piperazine rings is 1. The fourth-order valence-corrected chi connectivity index (χ4v) is 3.15. The van der Waals surface area contributed by atoms with Crippen molar-refractivity contribution in [3.05, 3.63) is 34.4 Å². The third-order valence-corrected chi connectivity index (χ3v) is 4.07. The molecule has 0 spiro atoms. The molecule has 128 valence electrons. The molecule has 1 aliphatic heterocycles. The lowest BCUT2D eigenvalue weighted by atomic mass is 9.80. The van der Waals surface area contributed by atoms with E-state index in [1.807, 2.05) is 20.8 Å². The second kappa shape index (κ2) is 8.65. The van der Waals surface area contributed by atoms with E-state index in [-0.39, 0.29) is 46.9 Å². The van der Waals surface area contributed by atoms with Crippen LogP contribution in [-0.2, 0) is 0 Å². The Morgan fingerprint density at radius 1 is 1.09 bits per heavy atom. The summed E-state index contributed by atoms with van der Waals surface area (Å²) in [5.74, 6) is -0.998. The molecule has 0 bridgehead atoms. The first-order valence-electron chi connectivity index (χ1n) is 6.90. The van der Waals surface area contributed by atoms with Crippen LogP contribution in [0.25, 0.3) is 0 Å². The minimum absolute atomic E-state index is 0. The van der Waals surface area contributed by atoms with Crippen molar-refractivity contribution in [2.75, 3.05) is 26.2 Å². The van der Waals surface area contributed by atoms with Crippen molar-refractivity contribution in [1.29, 1.82) is 0 Å². The van der Waals surface area contributed by atoms with Gasteiger partial charge in [0.2, 0.25) is 0 Å². The molecule has 2 rings (SSSR count). The lowest BCUT2D eigenvalue weighted by molar-refractivity contribution is 0.0833. The van der Waals surface area contributed by atoms with Crippen LogP contribution in [0.3, 0.4) is 0 Å². The Morgan fingerprint density at radius 3 is 2.09 bits per heavy atom. The van der Waals surface area contributed by atoms with Crippen LogP contribution >= 0.6 is 36.4 Å². The molecule has 1 aliphatic rings. The number of hydrogen-bond donors (Lipinski definition) is 1. The standard InChI is InChI=1S/C15H21ClF2N2.2ClH/c1-15(2,3)14(20-8-6-19-7-9-20)12-10(17)4-5-11(18)13(12)16;;/h4-5,14,19H,6-9H2,1-3H3;2*1H/t14-;;/m1../s1. The Bertz CT molecular complexity index is 486. The Hall–Kier alpha value is -0.130. The van der Waals surface area contributed by atoms with Crippen molar-refractivity contribution in [1.82, 2.24) is 10.2 Å². The largest absolute Gasteiger partial charge is 0.314 e. The van der Waals surface area contributed by atoms with Gasteiger partial charge in [0.15, 0.2) is 0 Å². The zero-order valence-electron chi connectivity index (χ0n) is 13.0. The first-order chi connectivity index (χ1) is 9.32. The number of nitrogens with zero attached hydrogens (tertiary/aromatic N) is 1. The first-order valence-corrected chi connectivity index (χ1v) is 7.28. The summed E-state index contributed by atoms with van der Waals surface area (Å²) in [5.41, 5.74) is 0.0383. The molecule has 1 aromatic carbocycles. The second-order valence-electron chi connectivity index (χ2n) is 6.31. The molecule has 0 aliphatic carbocycles. The van der Waals surface area contributed by atoms with E-state index >= 15 is 0 Å². The van der Waals surface area contributed by atoms with Gasteiger partial charge < -0.3 is 5.32 Å². The van der Waals surface area contributed by atoms with Gasteiger partial charge in [-0.3, -0.25) is 4.90 Å². The quantitative estimate of drug-likeness (QED) is 0.768. The van der Waals surface area contributed by atoms with E-state index in [2.05, 4.69) is 10.2 Å². The van der Waals surface area contributed by atoms with E-state index in [4.69, 9.17) is 11.6 Å². The molecule has 0 amide bonds. The van der Waals surface area contributed by atoms with Gasteiger partial charge in [-0.2, -0.15) is 0 Å². The lowest BCUT2D eigenvalue weighted by Gasteiger charge is -2.43. The van der Waals surface area contributed by atoms with Crippen LogP contribution in [-0.4, -0.2) is 31.1 Å². The van der Waals surface area contributed by atoms with Crippen LogP contribution in [0.2, 0.25) is 5.02 Å². The molecule has 1 N–H and O–H groups in total. The summed E-state index contributed by atoms with van der Waals surface area (Å²) < 4.78 is 28.0. The first kappa shape index (κ1) is 21.9. The number of benzene rings is 1. The highest BCUT2D eigenvalue weighted by Gasteiger charge is 2.36. The van der Waals surface area contributed by atoms with E-state index in [9.17, 15) is 8.78 Å². The molecule has 7 heteroatoms. The van der Waals surface area contributed by atoms with Crippen LogP contribution in [0.4, 0.5) is 8.78 Å². The van der Waals surface area contributed by atoms with E-state index in [0.717, 1.165) is 38.3 Å². The minimum atomic E-state index is -0.563. The smallest absolute Gasteiger partial charge is 0.142 e. The molecule has 1 heterocycles. The molecule has 1 fully saturated rings. The predicted octanol–water partition coefficient (Wildman–Crippen LogP) is 4.45. The minimum Gasteiger partial charge on any atom is -0.314 e. The molecular formula is C15H23Cl3F2N2. The highest BCUT2D eigenvalue weighted by atomic mass is 35.5. The number of nitrogens with one attached hydrogen (secondary N) is 1. The van der Waals surface area contributed by atoms with Gasteiger partial charge >= 0.3 is 0 Å². The number of rotatable bonds is 2. The van der Waals surface area contributed by atoms with Gasteiger partial charge in [-0.25, -0.2) is 8.78 Å². The topological polar surface area (TPSA) is 15.3 Å². The zero-order valence-corrected chi connectivity index (χ0v) is 15.3. The van der Waals surface area contributed by atoms with Gasteiger partial charge in [-0.1, -0.05) is 32.4 Å². The molecule has 1 aromatic rings. The van der Waals surface area contributed by atoms with Crippen LogP contribution in [0.5, 0.6) is 0 Å². The molecule has 2 nitrogen and oxygen atoms in total. The summed E-state index contributed by atoms with van der Waals surface area (Å²) >= 11 is 6.06. The summed E-state index contributed by atoms with van der Waals surface area (Å²) in [6.45, 7) is 9.38. The Kier molecular flexibility index (Phi) is 8.60. The normalized spacial score (nSPS) is 17.4. The van der Waals surface area contributed by atoms with Gasteiger partial charge in [0.05, 0.1) is 5.02 Å². The SMILES string of the molecule is CC(C)(C)[C@@H](c1c(F)ccc(F)c1Cl)N1CCNCC1.Cl.Cl. The maximum Gasteiger partial charge on any atom is 0.142 e. The van der Waals surface area contributed by atoms with Crippen molar-refractivity contribution >= 4 is 36.4 Å². The van der Waals surface area contributed by atoms with Crippen LogP contribution < -0.4 is 5.32 Å². The maximum atomic E-state index is 14.3.